The van der Waals surface area contributed by atoms with Crippen LogP contribution in [-0.2, 0) is 9.53 Å². The van der Waals surface area contributed by atoms with E-state index < -0.39 is 11.7 Å². The maximum absolute atomic E-state index is 11.7. The number of ketones is 1. The molecular formula is C14H15ClN2O3. The van der Waals surface area contributed by atoms with E-state index in [0.29, 0.717) is 36.0 Å². The molecule has 3 rings (SSSR count). The van der Waals surface area contributed by atoms with Crippen molar-refractivity contribution < 1.29 is 14.3 Å². The maximum Gasteiger partial charge on any atom is 0.296 e. The Labute approximate surface area is 121 Å². The molecule has 1 saturated heterocycles. The van der Waals surface area contributed by atoms with Gasteiger partial charge in [-0.1, -0.05) is 11.6 Å². The van der Waals surface area contributed by atoms with Crippen LogP contribution >= 0.6 is 11.6 Å². The lowest BCUT2D eigenvalue weighted by Gasteiger charge is -2.44. The Bertz CT molecular complexity index is 613. The highest BCUT2D eigenvalue weighted by Crippen LogP contribution is 2.38. The number of nitrogens with one attached hydrogen (secondary N) is 1. The number of amides is 1. The number of hydrogen-bond donors (Lipinski definition) is 1. The summed E-state index contributed by atoms with van der Waals surface area (Å²) in [5.74, 6) is -1.14. The first-order valence-electron chi connectivity index (χ1n) is 6.45. The summed E-state index contributed by atoms with van der Waals surface area (Å²) in [5.41, 5.74) is 1.49. The fraction of sp³-hybridized carbons (Fsp3) is 0.429. The second-order valence-corrected chi connectivity index (χ2v) is 6.06. The quantitative estimate of drug-likeness (QED) is 0.806. The minimum Gasteiger partial charge on any atom is -0.377 e. The molecule has 0 aliphatic carbocycles. The van der Waals surface area contributed by atoms with E-state index in [0.717, 1.165) is 5.69 Å². The number of ether oxygens (including phenoxy) is 1. The van der Waals surface area contributed by atoms with E-state index in [4.69, 9.17) is 16.3 Å². The number of carbonyl (C=O) groups excluding carboxylic acids is 2. The SMILES string of the molecule is CC1(C)COCCN1c1cc2c(cc1Cl)C(=O)C(=O)N2. The second kappa shape index (κ2) is 4.46. The first kappa shape index (κ1) is 13.4. The number of morpholine rings is 1. The van der Waals surface area contributed by atoms with E-state index >= 15 is 0 Å². The molecule has 1 aromatic rings. The predicted octanol–water partition coefficient (Wildman–Crippen LogP) is 2.09. The van der Waals surface area contributed by atoms with Gasteiger partial charge in [0.15, 0.2) is 0 Å². The van der Waals surface area contributed by atoms with Crippen LogP contribution in [0.25, 0.3) is 0 Å². The lowest BCUT2D eigenvalue weighted by Crippen LogP contribution is -2.53. The van der Waals surface area contributed by atoms with Crippen molar-refractivity contribution >= 4 is 34.7 Å². The molecule has 0 radical (unpaired) electrons. The highest BCUT2D eigenvalue weighted by atomic mass is 35.5. The molecular weight excluding hydrogens is 280 g/mol. The van der Waals surface area contributed by atoms with Crippen molar-refractivity contribution in [1.82, 2.24) is 0 Å². The standard InChI is InChI=1S/C14H15ClN2O3/c1-14(2)7-20-4-3-17(14)11-6-10-8(5-9(11)15)12(18)13(19)16-10/h5-6H,3-4,7H2,1-2H3,(H,16,18,19). The monoisotopic (exact) mass is 294 g/mol. The summed E-state index contributed by atoms with van der Waals surface area (Å²) in [6, 6.07) is 3.34. The number of anilines is 2. The zero-order valence-electron chi connectivity index (χ0n) is 11.3. The van der Waals surface area contributed by atoms with E-state index in [1.807, 2.05) is 0 Å². The zero-order chi connectivity index (χ0) is 14.5. The van der Waals surface area contributed by atoms with Crippen molar-refractivity contribution in [3.05, 3.63) is 22.7 Å². The van der Waals surface area contributed by atoms with Crippen LogP contribution < -0.4 is 10.2 Å². The molecule has 20 heavy (non-hydrogen) atoms. The molecule has 1 aromatic carbocycles. The van der Waals surface area contributed by atoms with Crippen LogP contribution in [0.4, 0.5) is 11.4 Å². The van der Waals surface area contributed by atoms with Gasteiger partial charge in [-0.15, -0.1) is 0 Å². The summed E-state index contributed by atoms with van der Waals surface area (Å²) in [6.45, 7) is 6.08. The van der Waals surface area contributed by atoms with Gasteiger partial charge in [-0.05, 0) is 26.0 Å². The smallest absolute Gasteiger partial charge is 0.296 e. The van der Waals surface area contributed by atoms with Gasteiger partial charge >= 0.3 is 0 Å². The molecule has 0 spiro atoms. The molecule has 6 heteroatoms. The average Bonchev–Trinajstić information content (AvgIpc) is 2.65. The lowest BCUT2D eigenvalue weighted by molar-refractivity contribution is -0.112. The van der Waals surface area contributed by atoms with Gasteiger partial charge in [-0.25, -0.2) is 0 Å². The van der Waals surface area contributed by atoms with E-state index in [9.17, 15) is 9.59 Å². The first-order chi connectivity index (χ1) is 9.40. The summed E-state index contributed by atoms with van der Waals surface area (Å²) >= 11 is 6.31. The summed E-state index contributed by atoms with van der Waals surface area (Å²) in [5, 5.41) is 3.05. The van der Waals surface area contributed by atoms with Crippen molar-refractivity contribution in [3.63, 3.8) is 0 Å². The molecule has 1 N–H and O–H groups in total. The highest BCUT2D eigenvalue weighted by Gasteiger charge is 2.35. The molecule has 2 heterocycles. The van der Waals surface area contributed by atoms with Gasteiger partial charge in [0.2, 0.25) is 0 Å². The molecule has 0 bridgehead atoms. The Hall–Kier alpha value is -1.59. The molecule has 2 aliphatic rings. The van der Waals surface area contributed by atoms with Crippen LogP contribution in [0.15, 0.2) is 12.1 Å². The van der Waals surface area contributed by atoms with Gasteiger partial charge in [-0.3, -0.25) is 9.59 Å². The number of nitrogens with zero attached hydrogens (tertiary/aromatic N) is 1. The van der Waals surface area contributed by atoms with Gasteiger partial charge < -0.3 is 15.0 Å². The molecule has 0 saturated carbocycles. The average molecular weight is 295 g/mol. The summed E-state index contributed by atoms with van der Waals surface area (Å²) in [7, 11) is 0. The number of carbonyl (C=O) groups is 2. The Kier molecular flexibility index (Phi) is 2.99. The van der Waals surface area contributed by atoms with Crippen LogP contribution in [0.2, 0.25) is 5.02 Å². The normalized spacial score (nSPS) is 20.9. The topological polar surface area (TPSA) is 58.6 Å². The van der Waals surface area contributed by atoms with Gasteiger partial charge in [0, 0.05) is 6.54 Å². The van der Waals surface area contributed by atoms with Crippen molar-refractivity contribution in [2.75, 3.05) is 30.0 Å². The number of benzene rings is 1. The van der Waals surface area contributed by atoms with E-state index in [1.54, 1.807) is 12.1 Å². The third-order valence-corrected chi connectivity index (χ3v) is 4.02. The molecule has 0 unspecified atom stereocenters. The number of hydrogen-bond acceptors (Lipinski definition) is 4. The Morgan fingerprint density at radius 3 is 2.80 bits per heavy atom. The Balaban J connectivity index is 2.06. The van der Waals surface area contributed by atoms with Gasteiger partial charge in [0.05, 0.1) is 40.7 Å². The highest BCUT2D eigenvalue weighted by molar-refractivity contribution is 6.52. The molecule has 2 aliphatic heterocycles. The van der Waals surface area contributed by atoms with Crippen molar-refractivity contribution in [2.24, 2.45) is 0 Å². The van der Waals surface area contributed by atoms with Crippen molar-refractivity contribution in [1.29, 1.82) is 0 Å². The van der Waals surface area contributed by atoms with Gasteiger partial charge in [0.1, 0.15) is 0 Å². The van der Waals surface area contributed by atoms with Gasteiger partial charge in [0.25, 0.3) is 11.7 Å². The van der Waals surface area contributed by atoms with Crippen LogP contribution in [0.3, 0.4) is 0 Å². The fourth-order valence-corrected chi connectivity index (χ4v) is 2.93. The molecule has 1 amide bonds. The minimum absolute atomic E-state index is 0.192. The van der Waals surface area contributed by atoms with Gasteiger partial charge in [-0.2, -0.15) is 0 Å². The number of Topliss-reactive ketones (excluding diaryl/α,β-unsaturated/α-hetero) is 1. The molecule has 1 fully saturated rings. The van der Waals surface area contributed by atoms with Crippen LogP contribution in [0.1, 0.15) is 24.2 Å². The van der Waals surface area contributed by atoms with Crippen molar-refractivity contribution in [2.45, 2.75) is 19.4 Å². The Morgan fingerprint density at radius 1 is 1.35 bits per heavy atom. The number of halogens is 1. The number of fused-ring (bicyclic) bond motifs is 1. The van der Waals surface area contributed by atoms with E-state index in [1.165, 1.54) is 0 Å². The van der Waals surface area contributed by atoms with Crippen LogP contribution in [0.5, 0.6) is 0 Å². The van der Waals surface area contributed by atoms with Crippen LogP contribution in [0, 0.1) is 0 Å². The summed E-state index contributed by atoms with van der Waals surface area (Å²) in [4.78, 5) is 25.2. The van der Waals surface area contributed by atoms with E-state index in [2.05, 4.69) is 24.1 Å². The Morgan fingerprint density at radius 2 is 2.10 bits per heavy atom. The minimum atomic E-state index is -0.602. The molecule has 0 atom stereocenters. The van der Waals surface area contributed by atoms with E-state index in [-0.39, 0.29) is 5.54 Å². The molecule has 5 nitrogen and oxygen atoms in total. The lowest BCUT2D eigenvalue weighted by atomic mass is 10.0. The third kappa shape index (κ3) is 1.98. The zero-order valence-corrected chi connectivity index (χ0v) is 12.1. The number of rotatable bonds is 1. The third-order valence-electron chi connectivity index (χ3n) is 3.72. The predicted molar refractivity (Wildman–Crippen MR) is 76.7 cm³/mol. The van der Waals surface area contributed by atoms with Crippen LogP contribution in [-0.4, -0.2) is 37.0 Å². The van der Waals surface area contributed by atoms with Crippen molar-refractivity contribution in [3.8, 4) is 0 Å². The fourth-order valence-electron chi connectivity index (χ4n) is 2.67. The summed E-state index contributed by atoms with van der Waals surface area (Å²) < 4.78 is 5.49. The maximum atomic E-state index is 11.7. The summed E-state index contributed by atoms with van der Waals surface area (Å²) in [6.07, 6.45) is 0. The largest absolute Gasteiger partial charge is 0.377 e. The molecule has 0 aromatic heterocycles. The molecule has 106 valence electrons. The first-order valence-corrected chi connectivity index (χ1v) is 6.82. The second-order valence-electron chi connectivity index (χ2n) is 5.65.